The molecule has 0 spiro atoms. The third-order valence-electron chi connectivity index (χ3n) is 3.76. The van der Waals surface area contributed by atoms with E-state index in [0.717, 1.165) is 12.0 Å². The average Bonchev–Trinajstić information content (AvgIpc) is 2.58. The van der Waals surface area contributed by atoms with Crippen molar-refractivity contribution in [1.29, 1.82) is 0 Å². The SMILES string of the molecule is C[Si](C)(C)C#CC[C@@H](N[C@@H](CO)c1ccccc1)c1ccccc1. The van der Waals surface area contributed by atoms with Crippen LogP contribution < -0.4 is 5.32 Å². The van der Waals surface area contributed by atoms with Crippen molar-refractivity contribution in [3.63, 3.8) is 0 Å². The molecular weight excluding hydrogens is 310 g/mol. The Labute approximate surface area is 146 Å². The number of rotatable bonds is 6. The standard InChI is InChI=1S/C21H27NOSi/c1-24(2,3)16-10-15-20(18-11-6-4-7-12-18)22-21(17-23)19-13-8-5-9-14-19/h4-9,11-14,20-23H,15,17H2,1-3H3/t20-,21+/m1/s1. The van der Waals surface area contributed by atoms with Crippen LogP contribution in [0.15, 0.2) is 60.7 Å². The number of benzene rings is 2. The maximum atomic E-state index is 9.84. The first-order valence-corrected chi connectivity index (χ1v) is 12.0. The molecule has 0 saturated heterocycles. The van der Waals surface area contributed by atoms with Gasteiger partial charge >= 0.3 is 0 Å². The van der Waals surface area contributed by atoms with Crippen LogP contribution in [0.1, 0.15) is 29.6 Å². The lowest BCUT2D eigenvalue weighted by Crippen LogP contribution is -2.29. The van der Waals surface area contributed by atoms with E-state index in [1.807, 2.05) is 48.5 Å². The molecule has 0 saturated carbocycles. The molecule has 2 aromatic rings. The van der Waals surface area contributed by atoms with E-state index in [-0.39, 0.29) is 18.7 Å². The van der Waals surface area contributed by atoms with Gasteiger partial charge in [0.15, 0.2) is 0 Å². The molecule has 3 heteroatoms. The second-order valence-corrected chi connectivity index (χ2v) is 11.8. The first-order chi connectivity index (χ1) is 11.5. The zero-order valence-corrected chi connectivity index (χ0v) is 15.8. The van der Waals surface area contributed by atoms with Gasteiger partial charge in [-0.2, -0.15) is 0 Å². The summed E-state index contributed by atoms with van der Waals surface area (Å²) in [7, 11) is -1.38. The van der Waals surface area contributed by atoms with Crippen LogP contribution in [0.25, 0.3) is 0 Å². The van der Waals surface area contributed by atoms with Gasteiger partial charge in [-0.3, -0.25) is 0 Å². The predicted molar refractivity (Wildman–Crippen MR) is 104 cm³/mol. The fourth-order valence-corrected chi connectivity index (χ4v) is 3.19. The van der Waals surface area contributed by atoms with Crippen LogP contribution in [-0.2, 0) is 0 Å². The van der Waals surface area contributed by atoms with E-state index in [2.05, 4.69) is 48.6 Å². The summed E-state index contributed by atoms with van der Waals surface area (Å²) in [5, 5.41) is 13.4. The molecule has 2 atom stereocenters. The molecule has 0 aliphatic carbocycles. The van der Waals surface area contributed by atoms with Gasteiger partial charge in [-0.15, -0.1) is 11.5 Å². The van der Waals surface area contributed by atoms with Gasteiger partial charge in [-0.05, 0) is 11.1 Å². The molecule has 0 bridgehead atoms. The van der Waals surface area contributed by atoms with Crippen LogP contribution in [0.3, 0.4) is 0 Å². The predicted octanol–water partition coefficient (Wildman–Crippen LogP) is 4.32. The lowest BCUT2D eigenvalue weighted by atomic mass is 10.0. The highest BCUT2D eigenvalue weighted by Crippen LogP contribution is 2.22. The van der Waals surface area contributed by atoms with Gasteiger partial charge < -0.3 is 10.4 Å². The van der Waals surface area contributed by atoms with Crippen LogP contribution in [0.2, 0.25) is 19.6 Å². The van der Waals surface area contributed by atoms with Crippen LogP contribution in [-0.4, -0.2) is 19.8 Å². The van der Waals surface area contributed by atoms with Crippen molar-refractivity contribution < 1.29 is 5.11 Å². The van der Waals surface area contributed by atoms with Gasteiger partial charge in [0.05, 0.1) is 12.6 Å². The van der Waals surface area contributed by atoms with Crippen molar-refractivity contribution in [2.75, 3.05) is 6.61 Å². The van der Waals surface area contributed by atoms with E-state index < -0.39 is 8.07 Å². The first-order valence-electron chi connectivity index (χ1n) is 8.46. The third-order valence-corrected chi connectivity index (χ3v) is 4.69. The molecule has 0 aliphatic rings. The average molecular weight is 338 g/mol. The van der Waals surface area contributed by atoms with Crippen molar-refractivity contribution in [3.8, 4) is 11.5 Å². The van der Waals surface area contributed by atoms with Gasteiger partial charge in [-0.25, -0.2) is 0 Å². The highest BCUT2D eigenvalue weighted by Gasteiger charge is 2.17. The summed E-state index contributed by atoms with van der Waals surface area (Å²) in [5.41, 5.74) is 5.74. The van der Waals surface area contributed by atoms with Gasteiger partial charge in [0.2, 0.25) is 0 Å². The van der Waals surface area contributed by atoms with E-state index in [4.69, 9.17) is 0 Å². The zero-order valence-electron chi connectivity index (χ0n) is 14.8. The molecule has 0 fully saturated rings. The molecule has 2 aromatic carbocycles. The van der Waals surface area contributed by atoms with Gasteiger partial charge in [0, 0.05) is 12.5 Å². The Morgan fingerprint density at radius 3 is 1.83 bits per heavy atom. The molecule has 0 amide bonds. The zero-order chi connectivity index (χ0) is 17.4. The van der Waals surface area contributed by atoms with Gasteiger partial charge in [0.25, 0.3) is 0 Å². The van der Waals surface area contributed by atoms with Crippen LogP contribution >= 0.6 is 0 Å². The van der Waals surface area contributed by atoms with E-state index >= 15 is 0 Å². The Morgan fingerprint density at radius 1 is 0.875 bits per heavy atom. The minimum atomic E-state index is -1.38. The van der Waals surface area contributed by atoms with E-state index in [0.29, 0.717) is 0 Å². The summed E-state index contributed by atoms with van der Waals surface area (Å²) in [5.74, 6) is 3.37. The molecule has 126 valence electrons. The maximum Gasteiger partial charge on any atom is 0.129 e. The first kappa shape index (κ1) is 18.5. The number of nitrogens with one attached hydrogen (secondary N) is 1. The lowest BCUT2D eigenvalue weighted by molar-refractivity contribution is 0.233. The fourth-order valence-electron chi connectivity index (χ4n) is 2.56. The van der Waals surface area contributed by atoms with Crippen LogP contribution in [0.4, 0.5) is 0 Å². The highest BCUT2D eigenvalue weighted by molar-refractivity contribution is 6.83. The van der Waals surface area contributed by atoms with Crippen molar-refractivity contribution in [3.05, 3.63) is 71.8 Å². The molecule has 2 N–H and O–H groups in total. The Morgan fingerprint density at radius 2 is 1.38 bits per heavy atom. The van der Waals surface area contributed by atoms with Crippen LogP contribution in [0.5, 0.6) is 0 Å². The monoisotopic (exact) mass is 337 g/mol. The van der Waals surface area contributed by atoms with Gasteiger partial charge in [-0.1, -0.05) is 80.3 Å². The Kier molecular flexibility index (Phi) is 6.81. The minimum absolute atomic E-state index is 0.0643. The number of aliphatic hydroxyl groups excluding tert-OH is 1. The molecule has 0 radical (unpaired) electrons. The summed E-state index contributed by atoms with van der Waals surface area (Å²) in [6.07, 6.45) is 0.748. The Hall–Kier alpha value is -1.86. The van der Waals surface area contributed by atoms with Crippen LogP contribution in [0, 0.1) is 11.5 Å². The molecular formula is C21H27NOSi. The maximum absolute atomic E-state index is 9.84. The largest absolute Gasteiger partial charge is 0.394 e. The molecule has 0 aromatic heterocycles. The number of hydrogen-bond acceptors (Lipinski definition) is 2. The normalized spacial score (nSPS) is 13.7. The second kappa shape index (κ2) is 8.84. The highest BCUT2D eigenvalue weighted by atomic mass is 28.3. The van der Waals surface area contributed by atoms with Crippen molar-refractivity contribution in [1.82, 2.24) is 5.32 Å². The van der Waals surface area contributed by atoms with Crippen molar-refractivity contribution >= 4 is 8.07 Å². The summed E-state index contributed by atoms with van der Waals surface area (Å²) in [4.78, 5) is 0. The number of aliphatic hydroxyl groups is 1. The Balaban J connectivity index is 2.20. The van der Waals surface area contributed by atoms with E-state index in [1.54, 1.807) is 0 Å². The third kappa shape index (κ3) is 5.97. The van der Waals surface area contributed by atoms with E-state index in [1.165, 1.54) is 5.56 Å². The summed E-state index contributed by atoms with van der Waals surface area (Å²) < 4.78 is 0. The molecule has 2 rings (SSSR count). The lowest BCUT2D eigenvalue weighted by Gasteiger charge is -2.24. The molecule has 24 heavy (non-hydrogen) atoms. The topological polar surface area (TPSA) is 32.3 Å². The smallest absolute Gasteiger partial charge is 0.129 e. The van der Waals surface area contributed by atoms with E-state index in [9.17, 15) is 5.11 Å². The molecule has 0 unspecified atom stereocenters. The molecule has 2 nitrogen and oxygen atoms in total. The van der Waals surface area contributed by atoms with Gasteiger partial charge in [0.1, 0.15) is 8.07 Å². The summed E-state index contributed by atoms with van der Waals surface area (Å²) in [6, 6.07) is 20.5. The number of hydrogen-bond donors (Lipinski definition) is 2. The second-order valence-electron chi connectivity index (χ2n) is 7.03. The van der Waals surface area contributed by atoms with Crippen molar-refractivity contribution in [2.45, 2.75) is 38.1 Å². The molecule has 0 heterocycles. The summed E-state index contributed by atoms with van der Waals surface area (Å²) in [6.45, 7) is 6.83. The molecule has 0 aliphatic heterocycles. The van der Waals surface area contributed by atoms with Crippen molar-refractivity contribution in [2.24, 2.45) is 0 Å². The minimum Gasteiger partial charge on any atom is -0.394 e. The fraction of sp³-hybridized carbons (Fsp3) is 0.333. The Bertz CT molecular complexity index is 668. The summed E-state index contributed by atoms with van der Waals surface area (Å²) >= 11 is 0. The quantitative estimate of drug-likeness (QED) is 0.608.